The molecule has 0 N–H and O–H groups in total. The van der Waals surface area contributed by atoms with Crippen LogP contribution in [0.4, 0.5) is 0 Å². The molecule has 0 amide bonds. The summed E-state index contributed by atoms with van der Waals surface area (Å²) in [6.45, 7) is 22.7. The van der Waals surface area contributed by atoms with Crippen LogP contribution in [0.2, 0.25) is 0 Å². The van der Waals surface area contributed by atoms with Gasteiger partial charge in [-0.15, -0.1) is 0 Å². The Kier molecular flexibility index (Phi) is 7.68. The molecule has 5 nitrogen and oxygen atoms in total. The fourth-order valence-corrected chi connectivity index (χ4v) is 12.5. The SMILES string of the molecule is C=C(C)[C@@H]1CC[C@]2(C(=O)CC(=O)OCC)CC[C@]3(C)[C@H](CC[C@@H]4[C@@]5(C)CC[C@H](OC(C)=O)C(C)(C)[C@@H]5CC[C@]43C)[C@@H]12. The van der Waals surface area contributed by atoms with Gasteiger partial charge >= 0.3 is 11.9 Å². The molecule has 10 atom stereocenters. The largest absolute Gasteiger partial charge is 0.466 e. The molecule has 41 heavy (non-hydrogen) atoms. The summed E-state index contributed by atoms with van der Waals surface area (Å²) in [7, 11) is 0. The van der Waals surface area contributed by atoms with Gasteiger partial charge in [-0.1, -0.05) is 46.8 Å². The standard InChI is InChI=1S/C36H56O5/c1-10-40-30(39)21-28(38)36-18-13-24(22(2)3)31(36)25-11-12-27-33(7)16-15-29(41-23(4)37)32(5,6)26(33)14-17-35(27,9)34(25,8)19-20-36/h24-27,29,31H,2,10-21H2,1,3-9H3/t24-,25+,26-,27+,29-,31+,33-,34+,35+,36+/m0/s1. The molecule has 0 radical (unpaired) electrons. The third kappa shape index (κ3) is 4.32. The van der Waals surface area contributed by atoms with Crippen LogP contribution in [-0.2, 0) is 23.9 Å². The number of rotatable bonds is 6. The van der Waals surface area contributed by atoms with Crippen molar-refractivity contribution in [2.45, 2.75) is 132 Å². The molecule has 0 saturated heterocycles. The average Bonchev–Trinajstić information content (AvgIpc) is 3.27. The van der Waals surface area contributed by atoms with Crippen LogP contribution in [0.3, 0.4) is 0 Å². The highest BCUT2D eigenvalue weighted by Crippen LogP contribution is 2.77. The molecular weight excluding hydrogens is 512 g/mol. The van der Waals surface area contributed by atoms with E-state index in [1.54, 1.807) is 13.8 Å². The lowest BCUT2D eigenvalue weighted by Crippen LogP contribution is -2.67. The summed E-state index contributed by atoms with van der Waals surface area (Å²) in [5.41, 5.74) is 1.27. The van der Waals surface area contributed by atoms with Gasteiger partial charge in [0, 0.05) is 17.8 Å². The molecule has 5 fully saturated rings. The molecular formula is C36H56O5. The van der Waals surface area contributed by atoms with Crippen LogP contribution in [0.5, 0.6) is 0 Å². The van der Waals surface area contributed by atoms with Crippen LogP contribution < -0.4 is 0 Å². The third-order valence-corrected chi connectivity index (χ3v) is 14.5. The van der Waals surface area contributed by atoms with E-state index in [-0.39, 0.29) is 57.8 Å². The number of fused-ring (bicyclic) bond motifs is 7. The number of esters is 2. The summed E-state index contributed by atoms with van der Waals surface area (Å²) >= 11 is 0. The molecule has 5 rings (SSSR count). The van der Waals surface area contributed by atoms with E-state index >= 15 is 0 Å². The van der Waals surface area contributed by atoms with E-state index in [1.807, 2.05) is 0 Å². The Morgan fingerprint density at radius 2 is 1.51 bits per heavy atom. The zero-order valence-corrected chi connectivity index (χ0v) is 27.2. The van der Waals surface area contributed by atoms with Gasteiger partial charge in [-0.3, -0.25) is 14.4 Å². The number of Topliss-reactive ketones (excluding diaryl/α,β-unsaturated/α-hetero) is 1. The maximum Gasteiger partial charge on any atom is 0.313 e. The monoisotopic (exact) mass is 568 g/mol. The predicted octanol–water partition coefficient (Wildman–Crippen LogP) is 8.10. The van der Waals surface area contributed by atoms with Gasteiger partial charge in [-0.05, 0) is 124 Å². The molecule has 0 heterocycles. The van der Waals surface area contributed by atoms with E-state index in [0.29, 0.717) is 30.3 Å². The lowest BCUT2D eigenvalue weighted by Gasteiger charge is -2.73. The maximum atomic E-state index is 14.0. The van der Waals surface area contributed by atoms with Crippen molar-refractivity contribution in [2.24, 2.45) is 56.7 Å². The second-order valence-corrected chi connectivity index (χ2v) is 16.2. The fourth-order valence-electron chi connectivity index (χ4n) is 12.5. The van der Waals surface area contributed by atoms with Gasteiger partial charge < -0.3 is 9.47 Å². The summed E-state index contributed by atoms with van der Waals surface area (Å²) in [5, 5.41) is 0. The Bertz CT molecular complexity index is 1110. The Morgan fingerprint density at radius 3 is 2.15 bits per heavy atom. The molecule has 0 aromatic carbocycles. The van der Waals surface area contributed by atoms with Crippen LogP contribution >= 0.6 is 0 Å². The van der Waals surface area contributed by atoms with Crippen LogP contribution in [0.25, 0.3) is 0 Å². The fraction of sp³-hybridized carbons (Fsp3) is 0.861. The molecule has 0 unspecified atom stereocenters. The topological polar surface area (TPSA) is 69.7 Å². The first-order valence-electron chi connectivity index (χ1n) is 16.6. The highest BCUT2D eigenvalue weighted by molar-refractivity contribution is 5.99. The van der Waals surface area contributed by atoms with Crippen molar-refractivity contribution in [3.05, 3.63) is 12.2 Å². The molecule has 0 bridgehead atoms. The van der Waals surface area contributed by atoms with E-state index in [0.717, 1.165) is 51.4 Å². The minimum Gasteiger partial charge on any atom is -0.466 e. The Balaban J connectivity index is 1.49. The quantitative estimate of drug-likeness (QED) is 0.184. The molecule has 5 aliphatic carbocycles. The van der Waals surface area contributed by atoms with E-state index in [1.165, 1.54) is 18.4 Å². The van der Waals surface area contributed by atoms with Crippen molar-refractivity contribution in [1.29, 1.82) is 0 Å². The van der Waals surface area contributed by atoms with Crippen molar-refractivity contribution in [3.8, 4) is 0 Å². The van der Waals surface area contributed by atoms with Crippen LogP contribution in [0, 0.1) is 56.7 Å². The minimum absolute atomic E-state index is 0.00937. The first-order valence-corrected chi connectivity index (χ1v) is 16.6. The number of ketones is 1. The molecule has 230 valence electrons. The molecule has 0 aromatic heterocycles. The molecule has 5 saturated carbocycles. The normalized spacial score (nSPS) is 46.2. The smallest absolute Gasteiger partial charge is 0.313 e. The summed E-state index contributed by atoms with van der Waals surface area (Å²) in [4.78, 5) is 38.5. The minimum atomic E-state index is -0.422. The highest BCUT2D eigenvalue weighted by Gasteiger charge is 2.72. The molecule has 0 aromatic rings. The molecule has 5 aliphatic rings. The first kappa shape index (κ1) is 30.8. The van der Waals surface area contributed by atoms with Gasteiger partial charge in [-0.25, -0.2) is 0 Å². The second-order valence-electron chi connectivity index (χ2n) is 16.2. The van der Waals surface area contributed by atoms with Gasteiger partial charge in [0.25, 0.3) is 0 Å². The van der Waals surface area contributed by atoms with Gasteiger partial charge in [0.1, 0.15) is 18.3 Å². The van der Waals surface area contributed by atoms with E-state index in [2.05, 4.69) is 48.1 Å². The Labute approximate surface area is 249 Å². The van der Waals surface area contributed by atoms with E-state index in [4.69, 9.17) is 9.47 Å². The van der Waals surface area contributed by atoms with Crippen LogP contribution in [0.1, 0.15) is 126 Å². The highest BCUT2D eigenvalue weighted by atomic mass is 16.5. The zero-order chi connectivity index (χ0) is 30.2. The lowest BCUT2D eigenvalue weighted by atomic mass is 9.32. The summed E-state index contributed by atoms with van der Waals surface area (Å²) in [6.07, 6.45) is 10.5. The lowest BCUT2D eigenvalue weighted by molar-refractivity contribution is -0.248. The zero-order valence-electron chi connectivity index (χ0n) is 27.2. The average molecular weight is 569 g/mol. The van der Waals surface area contributed by atoms with Crippen molar-refractivity contribution in [2.75, 3.05) is 6.61 Å². The third-order valence-electron chi connectivity index (χ3n) is 14.5. The Hall–Kier alpha value is -1.65. The number of hydrogen-bond donors (Lipinski definition) is 0. The first-order chi connectivity index (χ1) is 19.1. The van der Waals surface area contributed by atoms with Crippen molar-refractivity contribution in [3.63, 3.8) is 0 Å². The van der Waals surface area contributed by atoms with Crippen LogP contribution in [-0.4, -0.2) is 30.4 Å². The number of ether oxygens (including phenoxy) is 2. The molecule has 0 spiro atoms. The number of carbonyl (C=O) groups excluding carboxylic acids is 3. The van der Waals surface area contributed by atoms with Crippen molar-refractivity contribution in [1.82, 2.24) is 0 Å². The summed E-state index contributed by atoms with van der Waals surface area (Å²) < 4.78 is 11.2. The number of hydrogen-bond acceptors (Lipinski definition) is 5. The predicted molar refractivity (Wildman–Crippen MR) is 161 cm³/mol. The van der Waals surface area contributed by atoms with Gasteiger partial charge in [-0.2, -0.15) is 0 Å². The molecule has 5 heteroatoms. The van der Waals surface area contributed by atoms with E-state index in [9.17, 15) is 14.4 Å². The second kappa shape index (κ2) is 10.2. The van der Waals surface area contributed by atoms with Gasteiger partial charge in [0.15, 0.2) is 0 Å². The summed E-state index contributed by atoms with van der Waals surface area (Å²) in [5.74, 6) is 1.79. The van der Waals surface area contributed by atoms with Gasteiger partial charge in [0.2, 0.25) is 0 Å². The molecule has 0 aliphatic heterocycles. The van der Waals surface area contributed by atoms with Crippen molar-refractivity contribution >= 4 is 17.7 Å². The van der Waals surface area contributed by atoms with Crippen LogP contribution in [0.15, 0.2) is 12.2 Å². The maximum absolute atomic E-state index is 14.0. The summed E-state index contributed by atoms with van der Waals surface area (Å²) in [6, 6.07) is 0. The van der Waals surface area contributed by atoms with Crippen molar-refractivity contribution < 1.29 is 23.9 Å². The number of carbonyl (C=O) groups is 3. The van der Waals surface area contributed by atoms with E-state index < -0.39 is 5.41 Å². The number of allylic oxidation sites excluding steroid dienone is 1. The Morgan fingerprint density at radius 1 is 0.805 bits per heavy atom. The van der Waals surface area contributed by atoms with Gasteiger partial charge in [0.05, 0.1) is 6.61 Å².